The summed E-state index contributed by atoms with van der Waals surface area (Å²) in [4.78, 5) is 0. The van der Waals surface area contributed by atoms with E-state index in [4.69, 9.17) is 44.6 Å². The van der Waals surface area contributed by atoms with Crippen LogP contribution in [0.3, 0.4) is 0 Å². The van der Waals surface area contributed by atoms with Crippen LogP contribution in [0, 0.1) is 0 Å². The minimum atomic E-state index is 0.535. The zero-order valence-electron chi connectivity index (χ0n) is 30.5. The second-order valence-electron chi connectivity index (χ2n) is 12.6. The van der Waals surface area contributed by atoms with Crippen LogP contribution in [0.1, 0.15) is 0 Å². The first kappa shape index (κ1) is 36.0. The molecule has 0 aromatic heterocycles. The molecule has 0 heterocycles. The van der Waals surface area contributed by atoms with Crippen molar-refractivity contribution in [3.05, 3.63) is 194 Å². The number of benzene rings is 8. The predicted octanol–water partition coefficient (Wildman–Crippen LogP) is 13.4. The fourth-order valence-electron chi connectivity index (χ4n) is 5.66. The van der Waals surface area contributed by atoms with Crippen LogP contribution in [0.4, 0.5) is 11.4 Å². The van der Waals surface area contributed by atoms with Crippen LogP contribution in [0.15, 0.2) is 194 Å². The highest BCUT2D eigenvalue weighted by atomic mass is 16.5. The van der Waals surface area contributed by atoms with Crippen LogP contribution in [0.2, 0.25) is 0 Å². The third kappa shape index (κ3) is 9.74. The molecule has 0 aliphatic rings. The molecule has 0 saturated heterocycles. The van der Waals surface area contributed by atoms with Gasteiger partial charge >= 0.3 is 0 Å². The maximum absolute atomic E-state index is 6.28. The van der Waals surface area contributed by atoms with Gasteiger partial charge in [0, 0.05) is 35.6 Å². The number of hydrogen-bond acceptors (Lipinski definition) is 9. The van der Waals surface area contributed by atoms with E-state index in [1.165, 1.54) is 0 Å². The SMILES string of the molecule is Nc1cccc(Oc2ccc(Oc3ccccc3Oc3cccc(Oc4cccc(Oc5ccccc5Oc5ccc(Oc6cccc(N)c6)cc5)c4)c3)cc2)c1. The minimum absolute atomic E-state index is 0.535. The van der Waals surface area contributed by atoms with E-state index in [1.54, 1.807) is 12.1 Å². The van der Waals surface area contributed by atoms with E-state index < -0.39 is 0 Å². The molecule has 0 atom stereocenters. The molecule has 9 heteroatoms. The van der Waals surface area contributed by atoms with Crippen LogP contribution in [0.5, 0.6) is 80.5 Å². The Balaban J connectivity index is 0.897. The van der Waals surface area contributed by atoms with Gasteiger partial charge in [-0.15, -0.1) is 0 Å². The molecule has 0 saturated carbocycles. The highest BCUT2D eigenvalue weighted by Crippen LogP contribution is 2.39. The number of ether oxygens (including phenoxy) is 7. The monoisotopic (exact) mass is 752 g/mol. The summed E-state index contributed by atoms with van der Waals surface area (Å²) in [5.74, 6) is 8.31. The molecule has 8 aromatic rings. The zero-order chi connectivity index (χ0) is 38.8. The van der Waals surface area contributed by atoms with Gasteiger partial charge in [0.15, 0.2) is 23.0 Å². The van der Waals surface area contributed by atoms with Crippen molar-refractivity contribution >= 4 is 11.4 Å². The first-order chi connectivity index (χ1) is 28.0. The van der Waals surface area contributed by atoms with Gasteiger partial charge in [-0.3, -0.25) is 0 Å². The second-order valence-corrected chi connectivity index (χ2v) is 12.6. The van der Waals surface area contributed by atoms with E-state index in [0.29, 0.717) is 91.9 Å². The van der Waals surface area contributed by atoms with E-state index in [-0.39, 0.29) is 0 Å². The van der Waals surface area contributed by atoms with Crippen LogP contribution in [-0.4, -0.2) is 0 Å². The maximum atomic E-state index is 6.28. The Hall–Kier alpha value is -8.04. The Bertz CT molecular complexity index is 2410. The predicted molar refractivity (Wildman–Crippen MR) is 221 cm³/mol. The smallest absolute Gasteiger partial charge is 0.169 e. The van der Waals surface area contributed by atoms with Crippen molar-refractivity contribution in [1.82, 2.24) is 0 Å². The Morgan fingerprint density at radius 3 is 0.789 bits per heavy atom. The lowest BCUT2D eigenvalue weighted by Gasteiger charge is -2.14. The van der Waals surface area contributed by atoms with Gasteiger partial charge in [-0.2, -0.15) is 0 Å². The zero-order valence-corrected chi connectivity index (χ0v) is 30.5. The molecule has 0 bridgehead atoms. The van der Waals surface area contributed by atoms with Gasteiger partial charge in [-0.05, 0) is 121 Å². The molecular weight excluding hydrogens is 717 g/mol. The van der Waals surface area contributed by atoms with Gasteiger partial charge in [0.05, 0.1) is 0 Å². The molecule has 4 N–H and O–H groups in total. The molecule has 57 heavy (non-hydrogen) atoms. The lowest BCUT2D eigenvalue weighted by Crippen LogP contribution is -1.92. The molecule has 0 aliphatic carbocycles. The number of nitrogens with two attached hydrogens (primary N) is 2. The highest BCUT2D eigenvalue weighted by Gasteiger charge is 2.12. The summed E-state index contributed by atoms with van der Waals surface area (Å²) in [5, 5.41) is 0. The van der Waals surface area contributed by atoms with Gasteiger partial charge in [-0.25, -0.2) is 0 Å². The first-order valence-corrected chi connectivity index (χ1v) is 18.0. The normalized spacial score (nSPS) is 10.6. The van der Waals surface area contributed by atoms with E-state index in [1.807, 2.05) is 182 Å². The molecule has 0 aliphatic heterocycles. The average Bonchev–Trinajstić information content (AvgIpc) is 3.21. The van der Waals surface area contributed by atoms with Gasteiger partial charge in [-0.1, -0.05) is 48.5 Å². The van der Waals surface area contributed by atoms with E-state index in [0.717, 1.165) is 0 Å². The molecule has 0 radical (unpaired) electrons. The number of rotatable bonds is 14. The summed E-state index contributed by atoms with van der Waals surface area (Å²) < 4.78 is 43.0. The van der Waals surface area contributed by atoms with Crippen LogP contribution >= 0.6 is 0 Å². The van der Waals surface area contributed by atoms with Gasteiger partial charge in [0.25, 0.3) is 0 Å². The molecule has 0 amide bonds. The Labute approximate surface area is 329 Å². The standard InChI is InChI=1S/C48H36N2O7/c49-33-9-5-11-39(29-33)51-35-21-25-37(26-22-35)54-45-17-1-3-19-47(45)56-43-15-7-13-41(31-43)53-42-14-8-16-44(32-42)57-48-20-4-2-18-46(48)55-38-27-23-36(24-28-38)52-40-12-6-10-34(50)30-40/h1-32H,49-50H2. The summed E-state index contributed by atoms with van der Waals surface area (Å²) in [5.41, 5.74) is 13.0. The third-order valence-electron chi connectivity index (χ3n) is 8.29. The summed E-state index contributed by atoms with van der Waals surface area (Å²) in [7, 11) is 0. The highest BCUT2D eigenvalue weighted by molar-refractivity contribution is 5.51. The average molecular weight is 753 g/mol. The molecule has 9 nitrogen and oxygen atoms in total. The van der Waals surface area contributed by atoms with Crippen molar-refractivity contribution in [3.8, 4) is 80.5 Å². The van der Waals surface area contributed by atoms with Crippen LogP contribution in [0.25, 0.3) is 0 Å². The third-order valence-corrected chi connectivity index (χ3v) is 8.29. The maximum Gasteiger partial charge on any atom is 0.169 e. The molecular formula is C48H36N2O7. The molecule has 280 valence electrons. The topological polar surface area (TPSA) is 117 Å². The summed E-state index contributed by atoms with van der Waals surface area (Å²) >= 11 is 0. The summed E-state index contributed by atoms with van der Waals surface area (Å²) in [6.45, 7) is 0. The van der Waals surface area contributed by atoms with Crippen molar-refractivity contribution in [3.63, 3.8) is 0 Å². The van der Waals surface area contributed by atoms with E-state index >= 15 is 0 Å². The van der Waals surface area contributed by atoms with Gasteiger partial charge < -0.3 is 44.6 Å². The van der Waals surface area contributed by atoms with Crippen LogP contribution in [-0.2, 0) is 0 Å². The van der Waals surface area contributed by atoms with Crippen LogP contribution < -0.4 is 44.6 Å². The molecule has 0 fully saturated rings. The Morgan fingerprint density at radius 2 is 0.456 bits per heavy atom. The van der Waals surface area contributed by atoms with E-state index in [9.17, 15) is 0 Å². The lowest BCUT2D eigenvalue weighted by atomic mass is 10.2. The molecule has 8 aromatic carbocycles. The number of hydrogen-bond donors (Lipinski definition) is 2. The van der Waals surface area contributed by atoms with Crippen molar-refractivity contribution in [2.75, 3.05) is 11.5 Å². The Morgan fingerprint density at radius 1 is 0.211 bits per heavy atom. The largest absolute Gasteiger partial charge is 0.457 e. The molecule has 8 rings (SSSR count). The van der Waals surface area contributed by atoms with Crippen molar-refractivity contribution < 1.29 is 33.2 Å². The first-order valence-electron chi connectivity index (χ1n) is 18.0. The van der Waals surface area contributed by atoms with Crippen molar-refractivity contribution in [2.24, 2.45) is 0 Å². The van der Waals surface area contributed by atoms with Crippen molar-refractivity contribution in [2.45, 2.75) is 0 Å². The second kappa shape index (κ2) is 17.0. The summed E-state index contributed by atoms with van der Waals surface area (Å²) in [6.07, 6.45) is 0. The fourth-order valence-corrected chi connectivity index (χ4v) is 5.66. The van der Waals surface area contributed by atoms with E-state index in [2.05, 4.69) is 0 Å². The fraction of sp³-hybridized carbons (Fsp3) is 0. The molecule has 0 unspecified atom stereocenters. The minimum Gasteiger partial charge on any atom is -0.457 e. The van der Waals surface area contributed by atoms with Gasteiger partial charge in [0.2, 0.25) is 0 Å². The molecule has 0 spiro atoms. The number of para-hydroxylation sites is 4. The number of anilines is 2. The summed E-state index contributed by atoms with van der Waals surface area (Å²) in [6, 6.07) is 58.8. The van der Waals surface area contributed by atoms with Crippen molar-refractivity contribution in [1.29, 1.82) is 0 Å². The number of nitrogen functional groups attached to an aromatic ring is 2. The Kier molecular flexibility index (Phi) is 10.7. The quantitative estimate of drug-likeness (QED) is 0.105. The van der Waals surface area contributed by atoms with Gasteiger partial charge in [0.1, 0.15) is 57.5 Å². The lowest BCUT2D eigenvalue weighted by molar-refractivity contribution is 0.411.